The molecule has 0 aliphatic carbocycles. The van der Waals surface area contributed by atoms with Crippen LogP contribution in [0.15, 0.2) is 0 Å². The van der Waals surface area contributed by atoms with E-state index in [1.54, 1.807) is 0 Å². The minimum absolute atomic E-state index is 0. The van der Waals surface area contributed by atoms with Crippen molar-refractivity contribution in [3.05, 3.63) is 0 Å². The second kappa shape index (κ2) is 1.50. The van der Waals surface area contributed by atoms with Gasteiger partial charge in [-0.2, -0.15) is 0 Å². The standard InChI is InChI=1S/C2H6Cl2Si/c1-5(2,3)4/h1-2H3/p+1. The van der Waals surface area contributed by atoms with Crippen LogP contribution in [0.2, 0.25) is 13.1 Å². The van der Waals surface area contributed by atoms with Crippen LogP contribution in [0.3, 0.4) is 0 Å². The van der Waals surface area contributed by atoms with E-state index in [0.717, 1.165) is 0 Å². The van der Waals surface area contributed by atoms with Crippen molar-refractivity contribution in [2.45, 2.75) is 13.1 Å². The Labute approximate surface area is 44.0 Å². The van der Waals surface area contributed by atoms with Gasteiger partial charge < -0.3 is 0 Å². The van der Waals surface area contributed by atoms with Crippen LogP contribution in [0, 0.1) is 0 Å². The summed E-state index contributed by atoms with van der Waals surface area (Å²) in [4.78, 5) is 0. The van der Waals surface area contributed by atoms with Crippen molar-refractivity contribution in [3.63, 3.8) is 0 Å². The molecule has 0 radical (unpaired) electrons. The van der Waals surface area contributed by atoms with Gasteiger partial charge >= 0.3 is 1.43 Å². The first kappa shape index (κ1) is 5.80. The molecular formula is C2H7Cl2Si+. The van der Waals surface area contributed by atoms with Gasteiger partial charge in [-0.05, 0) is 13.1 Å². The molecule has 0 aliphatic rings. The molecule has 0 saturated carbocycles. The first-order chi connectivity index (χ1) is 2.00. The highest BCUT2D eigenvalue weighted by atomic mass is 35.7. The van der Waals surface area contributed by atoms with Crippen LogP contribution >= 0.6 is 22.2 Å². The average Bonchev–Trinajstić information content (AvgIpc) is 0.722. The fourth-order valence-corrected chi connectivity index (χ4v) is 0. The van der Waals surface area contributed by atoms with Gasteiger partial charge in [-0.3, -0.25) is 0 Å². The Bertz CT molecular complexity index is 27.0. The topological polar surface area (TPSA) is 0 Å². The Morgan fingerprint density at radius 1 is 1.40 bits per heavy atom. The van der Waals surface area contributed by atoms with Gasteiger partial charge in [0, 0.05) is 0 Å². The summed E-state index contributed by atoms with van der Waals surface area (Å²) in [7, 11) is 0. The molecule has 0 atom stereocenters. The van der Waals surface area contributed by atoms with Crippen LogP contribution in [0.1, 0.15) is 1.43 Å². The van der Waals surface area contributed by atoms with Gasteiger partial charge in [0.15, 0.2) is 0 Å². The summed E-state index contributed by atoms with van der Waals surface area (Å²) in [6.45, 7) is 2.05. The maximum atomic E-state index is 5.43. The molecule has 0 spiro atoms. The van der Waals surface area contributed by atoms with Crippen molar-refractivity contribution in [3.8, 4) is 0 Å². The number of hydrogen-bond acceptors (Lipinski definition) is 0. The minimum Gasteiger partial charge on any atom is -0.146 e. The Morgan fingerprint density at radius 2 is 1.40 bits per heavy atom. The van der Waals surface area contributed by atoms with Gasteiger partial charge in [0.2, 0.25) is 6.69 Å². The molecule has 0 N–H and O–H groups in total. The van der Waals surface area contributed by atoms with Crippen molar-refractivity contribution in [1.82, 2.24) is 0 Å². The second-order valence-corrected chi connectivity index (χ2v) is 10.2. The Kier molecular flexibility index (Phi) is 1.74. The zero-order valence-electron chi connectivity index (χ0n) is 4.26. The fraction of sp³-hybridized carbons (Fsp3) is 1.00. The lowest BCUT2D eigenvalue weighted by atomic mass is 11.9. The molecule has 0 unspecified atom stereocenters. The summed E-state index contributed by atoms with van der Waals surface area (Å²) in [5, 5.41) is 0. The molecule has 5 heavy (non-hydrogen) atoms. The molecule has 0 aliphatic heterocycles. The number of halogens is 2. The molecule has 0 aromatic carbocycles. The molecule has 0 fully saturated rings. The van der Waals surface area contributed by atoms with E-state index in [1.165, 1.54) is 0 Å². The minimum atomic E-state index is -1.67. The monoisotopic (exact) mass is 129 g/mol. The van der Waals surface area contributed by atoms with Crippen LogP contribution in [-0.4, -0.2) is 6.69 Å². The molecule has 0 heterocycles. The molecule has 0 bridgehead atoms. The van der Waals surface area contributed by atoms with E-state index in [9.17, 15) is 0 Å². The van der Waals surface area contributed by atoms with Crippen LogP contribution in [0.5, 0.6) is 0 Å². The van der Waals surface area contributed by atoms with Crippen LogP contribution in [-0.2, 0) is 0 Å². The van der Waals surface area contributed by atoms with E-state index in [-0.39, 0.29) is 1.43 Å². The zero-order chi connectivity index (χ0) is 4.50. The van der Waals surface area contributed by atoms with Gasteiger partial charge in [-0.15, -0.1) is 22.2 Å². The van der Waals surface area contributed by atoms with E-state index in [1.807, 2.05) is 13.1 Å². The van der Waals surface area contributed by atoms with E-state index >= 15 is 0 Å². The molecule has 3 heteroatoms. The Balaban J connectivity index is 0. The first-order valence-electron chi connectivity index (χ1n) is 1.38. The first-order valence-corrected chi connectivity index (χ1v) is 6.40. The van der Waals surface area contributed by atoms with E-state index in [0.29, 0.717) is 0 Å². The lowest BCUT2D eigenvalue weighted by Gasteiger charge is -1.93. The third-order valence-corrected chi connectivity index (χ3v) is 0. The molecular weight excluding hydrogens is 123 g/mol. The van der Waals surface area contributed by atoms with Crippen molar-refractivity contribution in [2.75, 3.05) is 0 Å². The molecule has 0 amide bonds. The SMILES string of the molecule is C[Si](C)(Cl)Cl.[H+]. The van der Waals surface area contributed by atoms with Crippen LogP contribution < -0.4 is 0 Å². The summed E-state index contributed by atoms with van der Waals surface area (Å²) in [5.41, 5.74) is 0. The zero-order valence-corrected chi connectivity index (χ0v) is 5.77. The summed E-state index contributed by atoms with van der Waals surface area (Å²) in [6, 6.07) is 0. The Hall–Kier alpha value is 0.797. The molecule has 0 nitrogen and oxygen atoms in total. The van der Waals surface area contributed by atoms with Crippen LogP contribution in [0.4, 0.5) is 0 Å². The predicted molar refractivity (Wildman–Crippen MR) is 30.3 cm³/mol. The summed E-state index contributed by atoms with van der Waals surface area (Å²) < 4.78 is 0. The third-order valence-electron chi connectivity index (χ3n) is 0. The van der Waals surface area contributed by atoms with E-state index in [4.69, 9.17) is 22.2 Å². The van der Waals surface area contributed by atoms with Gasteiger partial charge in [0.1, 0.15) is 0 Å². The van der Waals surface area contributed by atoms with E-state index < -0.39 is 6.69 Å². The van der Waals surface area contributed by atoms with Crippen molar-refractivity contribution in [2.24, 2.45) is 0 Å². The van der Waals surface area contributed by atoms with Crippen molar-refractivity contribution >= 4 is 28.9 Å². The number of hydrogen-bond donors (Lipinski definition) is 0. The lowest BCUT2D eigenvalue weighted by Crippen LogP contribution is -2.02. The van der Waals surface area contributed by atoms with Crippen molar-refractivity contribution in [1.29, 1.82) is 0 Å². The maximum Gasteiger partial charge on any atom is 1.00 e. The largest absolute Gasteiger partial charge is 1.00 e. The van der Waals surface area contributed by atoms with Crippen LogP contribution in [0.25, 0.3) is 0 Å². The van der Waals surface area contributed by atoms with Gasteiger partial charge in [-0.1, -0.05) is 0 Å². The molecule has 0 rings (SSSR count). The summed E-state index contributed by atoms with van der Waals surface area (Å²) in [6.07, 6.45) is 0. The van der Waals surface area contributed by atoms with Gasteiger partial charge in [0.05, 0.1) is 0 Å². The summed E-state index contributed by atoms with van der Waals surface area (Å²) in [5.74, 6) is 0. The smallest absolute Gasteiger partial charge is 0.146 e. The average molecular weight is 130 g/mol. The second-order valence-electron chi connectivity index (χ2n) is 1.33. The number of rotatable bonds is 0. The Morgan fingerprint density at radius 3 is 1.40 bits per heavy atom. The van der Waals surface area contributed by atoms with Crippen molar-refractivity contribution < 1.29 is 1.43 Å². The molecule has 0 aromatic heterocycles. The third kappa shape index (κ3) is 59.1. The van der Waals surface area contributed by atoms with Gasteiger partial charge in [0.25, 0.3) is 0 Å². The normalized spacial score (nSPS) is 12.0. The highest BCUT2D eigenvalue weighted by Gasteiger charge is 2.08. The maximum absolute atomic E-state index is 5.43. The summed E-state index contributed by atoms with van der Waals surface area (Å²) >= 11 is 10.9. The highest BCUT2D eigenvalue weighted by molar-refractivity contribution is 7.44. The molecule has 0 aromatic rings. The quantitative estimate of drug-likeness (QED) is 0.348. The van der Waals surface area contributed by atoms with Gasteiger partial charge in [-0.25, -0.2) is 0 Å². The molecule has 32 valence electrons. The highest BCUT2D eigenvalue weighted by Crippen LogP contribution is 2.10. The predicted octanol–water partition coefficient (Wildman–Crippen LogP) is 2.28. The lowest BCUT2D eigenvalue weighted by molar-refractivity contribution is 2.06. The van der Waals surface area contributed by atoms with E-state index in [2.05, 4.69) is 0 Å². The molecule has 0 saturated heterocycles. The fourth-order valence-electron chi connectivity index (χ4n) is 0.